The Morgan fingerprint density at radius 2 is 2.21 bits per heavy atom. The summed E-state index contributed by atoms with van der Waals surface area (Å²) in [7, 11) is 0. The topological polar surface area (TPSA) is 91.9 Å². The maximum Gasteiger partial charge on any atom is 0.270 e. The quantitative estimate of drug-likeness (QED) is 0.587. The number of aromatic nitrogens is 3. The van der Waals surface area contributed by atoms with E-state index in [9.17, 15) is 4.79 Å². The number of ether oxygens (including phenoxy) is 1. The van der Waals surface area contributed by atoms with Crippen molar-refractivity contribution in [1.82, 2.24) is 20.3 Å². The molecule has 1 fully saturated rings. The van der Waals surface area contributed by atoms with Crippen LogP contribution in [0.2, 0.25) is 0 Å². The lowest BCUT2D eigenvalue weighted by molar-refractivity contribution is 0.0949. The molecule has 4 rings (SSSR count). The predicted molar refractivity (Wildman–Crippen MR) is 109 cm³/mol. The molecule has 1 aliphatic rings. The van der Waals surface area contributed by atoms with Crippen molar-refractivity contribution in [1.29, 1.82) is 0 Å². The van der Waals surface area contributed by atoms with Gasteiger partial charge in [-0.2, -0.15) is 0 Å². The number of H-pyrrole nitrogens is 1. The van der Waals surface area contributed by atoms with Gasteiger partial charge in [-0.3, -0.25) is 4.79 Å². The molecule has 1 amide bonds. The number of carbonyl (C=O) groups is 1. The van der Waals surface area contributed by atoms with Crippen LogP contribution in [-0.2, 0) is 11.2 Å². The van der Waals surface area contributed by atoms with Crippen LogP contribution in [0, 0.1) is 6.92 Å². The molecule has 3 N–H and O–H groups in total. The molecule has 1 aromatic carbocycles. The van der Waals surface area contributed by atoms with Crippen LogP contribution in [0.4, 0.5) is 5.95 Å². The number of carbonyl (C=O) groups excluding carboxylic acids is 1. The fourth-order valence-corrected chi connectivity index (χ4v) is 3.51. The summed E-state index contributed by atoms with van der Waals surface area (Å²) in [5.74, 6) is 0.280. The van der Waals surface area contributed by atoms with Crippen molar-refractivity contribution in [3.05, 3.63) is 53.5 Å². The maximum absolute atomic E-state index is 12.5. The van der Waals surface area contributed by atoms with Gasteiger partial charge in [0, 0.05) is 42.5 Å². The first kappa shape index (κ1) is 18.4. The van der Waals surface area contributed by atoms with E-state index >= 15 is 0 Å². The normalized spacial score (nSPS) is 16.4. The van der Waals surface area contributed by atoms with Crippen molar-refractivity contribution >= 4 is 22.8 Å². The zero-order chi connectivity index (χ0) is 19.3. The molecule has 7 nitrogen and oxygen atoms in total. The van der Waals surface area contributed by atoms with Crippen molar-refractivity contribution in [2.75, 3.05) is 25.0 Å². The lowest BCUT2D eigenvalue weighted by atomic mass is 10.1. The Morgan fingerprint density at radius 3 is 3.07 bits per heavy atom. The van der Waals surface area contributed by atoms with Crippen molar-refractivity contribution in [2.45, 2.75) is 32.3 Å². The van der Waals surface area contributed by atoms with E-state index < -0.39 is 0 Å². The number of hydrogen-bond acceptors (Lipinski definition) is 5. The number of anilines is 1. The molecule has 146 valence electrons. The highest BCUT2D eigenvalue weighted by Crippen LogP contribution is 2.18. The Kier molecular flexibility index (Phi) is 5.53. The molecular formula is C21H25N5O2. The Balaban J connectivity index is 1.34. The molecule has 3 aromatic rings. The molecule has 0 radical (unpaired) electrons. The average molecular weight is 379 g/mol. The summed E-state index contributed by atoms with van der Waals surface area (Å²) in [6.07, 6.45) is 5.07. The lowest BCUT2D eigenvalue weighted by Crippen LogP contribution is -2.27. The van der Waals surface area contributed by atoms with Gasteiger partial charge in [0.05, 0.1) is 6.10 Å². The van der Waals surface area contributed by atoms with Gasteiger partial charge in [0.2, 0.25) is 5.95 Å². The van der Waals surface area contributed by atoms with E-state index in [2.05, 4.69) is 31.7 Å². The van der Waals surface area contributed by atoms with Crippen LogP contribution >= 0.6 is 0 Å². The van der Waals surface area contributed by atoms with Gasteiger partial charge >= 0.3 is 0 Å². The molecular weight excluding hydrogens is 354 g/mol. The van der Waals surface area contributed by atoms with Crippen LogP contribution in [0.1, 0.15) is 34.6 Å². The maximum atomic E-state index is 12.5. The van der Waals surface area contributed by atoms with Crippen molar-refractivity contribution in [3.63, 3.8) is 0 Å². The second-order valence-corrected chi connectivity index (χ2v) is 7.10. The molecule has 0 aliphatic carbocycles. The van der Waals surface area contributed by atoms with E-state index in [4.69, 9.17) is 4.74 Å². The number of hydrogen-bond donors (Lipinski definition) is 3. The van der Waals surface area contributed by atoms with Gasteiger partial charge in [0.25, 0.3) is 5.91 Å². The summed E-state index contributed by atoms with van der Waals surface area (Å²) < 4.78 is 5.60. The summed E-state index contributed by atoms with van der Waals surface area (Å²) in [5, 5.41) is 7.34. The standard InChI is InChI=1S/C21H25N5O2/c1-14-11-19(26-21(25-14)24-13-16-5-4-10-28-16)20(27)22-9-8-15-12-23-18-7-3-2-6-17(15)18/h2-3,6-7,11-12,16,23H,4-5,8-10,13H2,1H3,(H,22,27)(H,24,25,26). The minimum atomic E-state index is -0.189. The Labute approximate surface area is 163 Å². The van der Waals surface area contributed by atoms with Gasteiger partial charge in [-0.1, -0.05) is 18.2 Å². The van der Waals surface area contributed by atoms with Crippen LogP contribution in [0.3, 0.4) is 0 Å². The fourth-order valence-electron chi connectivity index (χ4n) is 3.51. The van der Waals surface area contributed by atoms with Gasteiger partial charge in [0.1, 0.15) is 5.69 Å². The molecule has 2 aromatic heterocycles. The van der Waals surface area contributed by atoms with Crippen molar-refractivity contribution in [2.24, 2.45) is 0 Å². The van der Waals surface area contributed by atoms with E-state index in [1.807, 2.05) is 31.3 Å². The molecule has 3 heterocycles. The van der Waals surface area contributed by atoms with E-state index in [1.54, 1.807) is 6.07 Å². The molecule has 7 heteroatoms. The highest BCUT2D eigenvalue weighted by Gasteiger charge is 2.16. The minimum absolute atomic E-state index is 0.189. The summed E-state index contributed by atoms with van der Waals surface area (Å²) >= 11 is 0. The van der Waals surface area contributed by atoms with Gasteiger partial charge in [0.15, 0.2) is 0 Å². The van der Waals surface area contributed by atoms with Crippen LogP contribution in [0.25, 0.3) is 10.9 Å². The summed E-state index contributed by atoms with van der Waals surface area (Å²) in [6.45, 7) is 3.88. The van der Waals surface area contributed by atoms with Crippen LogP contribution < -0.4 is 10.6 Å². The van der Waals surface area contributed by atoms with Gasteiger partial charge in [-0.15, -0.1) is 0 Å². The SMILES string of the molecule is Cc1cc(C(=O)NCCc2c[nH]c3ccccc23)nc(NCC2CCCO2)n1. The smallest absolute Gasteiger partial charge is 0.270 e. The number of nitrogens with one attached hydrogen (secondary N) is 3. The molecule has 1 saturated heterocycles. The predicted octanol–water partition coefficient (Wildman–Crippen LogP) is 2.83. The zero-order valence-electron chi connectivity index (χ0n) is 16.0. The average Bonchev–Trinajstić information content (AvgIpc) is 3.36. The van der Waals surface area contributed by atoms with Gasteiger partial charge in [-0.05, 0) is 43.9 Å². The number of benzene rings is 1. The van der Waals surface area contributed by atoms with E-state index in [0.29, 0.717) is 24.7 Å². The molecule has 0 spiro atoms. The van der Waals surface area contributed by atoms with E-state index in [-0.39, 0.29) is 12.0 Å². The third-order valence-electron chi connectivity index (χ3n) is 4.95. The molecule has 1 atom stereocenters. The number of amides is 1. The third-order valence-corrected chi connectivity index (χ3v) is 4.95. The second kappa shape index (κ2) is 8.39. The molecule has 1 aliphatic heterocycles. The Hall–Kier alpha value is -2.93. The second-order valence-electron chi connectivity index (χ2n) is 7.10. The highest BCUT2D eigenvalue weighted by atomic mass is 16.5. The minimum Gasteiger partial charge on any atom is -0.376 e. The van der Waals surface area contributed by atoms with Crippen molar-refractivity contribution < 1.29 is 9.53 Å². The van der Waals surface area contributed by atoms with Gasteiger partial charge < -0.3 is 20.4 Å². The lowest BCUT2D eigenvalue weighted by Gasteiger charge is -2.12. The molecule has 28 heavy (non-hydrogen) atoms. The van der Waals surface area contributed by atoms with Crippen LogP contribution in [0.15, 0.2) is 36.5 Å². The zero-order valence-corrected chi connectivity index (χ0v) is 16.0. The molecule has 1 unspecified atom stereocenters. The third kappa shape index (κ3) is 4.31. The first-order chi connectivity index (χ1) is 13.7. The summed E-state index contributed by atoms with van der Waals surface area (Å²) in [4.78, 5) is 24.5. The van der Waals surface area contributed by atoms with E-state index in [0.717, 1.165) is 37.1 Å². The Bertz CT molecular complexity index is 962. The summed E-state index contributed by atoms with van der Waals surface area (Å²) in [5.41, 5.74) is 3.43. The fraction of sp³-hybridized carbons (Fsp3) is 0.381. The van der Waals surface area contributed by atoms with Crippen molar-refractivity contribution in [3.8, 4) is 0 Å². The first-order valence-corrected chi connectivity index (χ1v) is 9.73. The number of aromatic amines is 1. The van der Waals surface area contributed by atoms with Crippen LogP contribution in [0.5, 0.6) is 0 Å². The highest BCUT2D eigenvalue weighted by molar-refractivity contribution is 5.92. The monoisotopic (exact) mass is 379 g/mol. The first-order valence-electron chi connectivity index (χ1n) is 9.73. The van der Waals surface area contributed by atoms with Gasteiger partial charge in [-0.25, -0.2) is 9.97 Å². The summed E-state index contributed by atoms with van der Waals surface area (Å²) in [6, 6.07) is 9.87. The van der Waals surface area contributed by atoms with Crippen LogP contribution in [-0.4, -0.2) is 46.7 Å². The molecule has 0 bridgehead atoms. The molecule has 0 saturated carbocycles. The van der Waals surface area contributed by atoms with E-state index in [1.165, 1.54) is 10.9 Å². The number of aryl methyl sites for hydroxylation is 1. The Morgan fingerprint density at radius 1 is 1.32 bits per heavy atom. The number of para-hydroxylation sites is 1. The number of fused-ring (bicyclic) bond motifs is 1. The largest absolute Gasteiger partial charge is 0.376 e. The number of nitrogens with zero attached hydrogens (tertiary/aromatic N) is 2. The number of rotatable bonds is 7.